The molecule has 1 aromatic carbocycles. The summed E-state index contributed by atoms with van der Waals surface area (Å²) >= 11 is 9.54. The average Bonchev–Trinajstić information content (AvgIpc) is 2.30. The number of benzene rings is 1. The molecule has 0 heterocycles. The van der Waals surface area contributed by atoms with E-state index in [1.54, 1.807) is 7.11 Å². The van der Waals surface area contributed by atoms with Crippen molar-refractivity contribution < 1.29 is 4.74 Å². The van der Waals surface area contributed by atoms with Gasteiger partial charge in [0.25, 0.3) is 0 Å². The number of hydrogen-bond acceptors (Lipinski definition) is 2. The Bertz CT molecular complexity index is 391. The molecule has 17 heavy (non-hydrogen) atoms. The van der Waals surface area contributed by atoms with Gasteiger partial charge in [-0.25, -0.2) is 0 Å². The summed E-state index contributed by atoms with van der Waals surface area (Å²) in [5.41, 5.74) is 0.985. The minimum absolute atomic E-state index is 0.544. The van der Waals surface area contributed by atoms with Gasteiger partial charge in [-0.05, 0) is 40.9 Å². The molecule has 1 N–H and O–H groups in total. The maximum atomic E-state index is 6.07. The van der Waals surface area contributed by atoms with Crippen LogP contribution in [0.4, 0.5) is 5.69 Å². The minimum atomic E-state index is 0.544. The summed E-state index contributed by atoms with van der Waals surface area (Å²) in [6.45, 7) is 0. The number of rotatable bonds is 3. The molecule has 2 nitrogen and oxygen atoms in total. The fourth-order valence-electron chi connectivity index (χ4n) is 2.34. The molecule has 1 saturated carbocycles. The molecule has 0 saturated heterocycles. The molecule has 0 spiro atoms. The molecule has 0 amide bonds. The van der Waals surface area contributed by atoms with Gasteiger partial charge in [0, 0.05) is 11.1 Å². The van der Waals surface area contributed by atoms with Crippen molar-refractivity contribution in [3.63, 3.8) is 0 Å². The molecule has 94 valence electrons. The topological polar surface area (TPSA) is 21.3 Å². The van der Waals surface area contributed by atoms with Crippen molar-refractivity contribution in [3.05, 3.63) is 21.6 Å². The molecule has 1 aliphatic rings. The fraction of sp³-hybridized carbons (Fsp3) is 0.538. The molecule has 0 aliphatic heterocycles. The van der Waals surface area contributed by atoms with Gasteiger partial charge < -0.3 is 10.1 Å². The molecule has 1 aromatic rings. The normalized spacial score (nSPS) is 16.9. The Morgan fingerprint density at radius 2 is 2.00 bits per heavy atom. The third-order valence-electron chi connectivity index (χ3n) is 3.18. The zero-order valence-electron chi connectivity index (χ0n) is 9.93. The second kappa shape index (κ2) is 5.96. The maximum Gasteiger partial charge on any atom is 0.156 e. The van der Waals surface area contributed by atoms with Crippen LogP contribution in [0, 0.1) is 0 Å². The molecule has 4 heteroatoms. The van der Waals surface area contributed by atoms with E-state index in [0.29, 0.717) is 6.04 Å². The average molecular weight is 319 g/mol. The summed E-state index contributed by atoms with van der Waals surface area (Å²) in [6.07, 6.45) is 6.43. The van der Waals surface area contributed by atoms with Crippen molar-refractivity contribution in [3.8, 4) is 5.75 Å². The van der Waals surface area contributed by atoms with E-state index in [2.05, 4.69) is 21.2 Å². The van der Waals surface area contributed by atoms with E-state index < -0.39 is 0 Å². The van der Waals surface area contributed by atoms with Crippen LogP contribution in [0.1, 0.15) is 32.1 Å². The van der Waals surface area contributed by atoms with E-state index in [4.69, 9.17) is 16.3 Å². The summed E-state index contributed by atoms with van der Waals surface area (Å²) in [5.74, 6) is 0.833. The predicted molar refractivity (Wildman–Crippen MR) is 76.2 cm³/mol. The Labute approximate surface area is 116 Å². The van der Waals surface area contributed by atoms with Gasteiger partial charge in [-0.1, -0.05) is 30.9 Å². The number of hydrogen-bond donors (Lipinski definition) is 1. The van der Waals surface area contributed by atoms with E-state index in [-0.39, 0.29) is 0 Å². The highest BCUT2D eigenvalue weighted by Gasteiger charge is 2.16. The minimum Gasteiger partial charge on any atom is -0.493 e. The van der Waals surface area contributed by atoms with E-state index in [0.717, 1.165) is 20.9 Å². The van der Waals surface area contributed by atoms with Crippen LogP contribution in [-0.4, -0.2) is 13.2 Å². The lowest BCUT2D eigenvalue weighted by molar-refractivity contribution is 0.410. The standard InChI is InChI=1S/C13H17BrClNO/c1-17-13-11(14)7-9(15)8-12(13)16-10-5-3-2-4-6-10/h7-8,10,16H,2-6H2,1H3. The largest absolute Gasteiger partial charge is 0.493 e. The van der Waals surface area contributed by atoms with Crippen LogP contribution in [-0.2, 0) is 0 Å². The van der Waals surface area contributed by atoms with Crippen molar-refractivity contribution in [2.24, 2.45) is 0 Å². The smallest absolute Gasteiger partial charge is 0.156 e. The van der Waals surface area contributed by atoms with Gasteiger partial charge >= 0.3 is 0 Å². The van der Waals surface area contributed by atoms with E-state index in [1.165, 1.54) is 32.1 Å². The molecule has 0 radical (unpaired) electrons. The van der Waals surface area contributed by atoms with E-state index in [9.17, 15) is 0 Å². The van der Waals surface area contributed by atoms with E-state index >= 15 is 0 Å². The number of nitrogens with one attached hydrogen (secondary N) is 1. The van der Waals surface area contributed by atoms with E-state index in [1.807, 2.05) is 12.1 Å². The quantitative estimate of drug-likeness (QED) is 0.859. The molecule has 0 unspecified atom stereocenters. The third kappa shape index (κ3) is 3.29. The number of halogens is 2. The summed E-state index contributed by atoms with van der Waals surface area (Å²) in [4.78, 5) is 0. The number of methoxy groups -OCH3 is 1. The molecule has 1 aliphatic carbocycles. The second-order valence-electron chi connectivity index (χ2n) is 4.45. The van der Waals surface area contributed by atoms with Crippen LogP contribution in [0.5, 0.6) is 5.75 Å². The lowest BCUT2D eigenvalue weighted by Gasteiger charge is -2.25. The SMILES string of the molecule is COc1c(Br)cc(Cl)cc1NC1CCCCC1. The molecule has 1 fully saturated rings. The maximum absolute atomic E-state index is 6.07. The summed E-state index contributed by atoms with van der Waals surface area (Å²) in [6, 6.07) is 4.33. The van der Waals surface area contributed by atoms with Crippen LogP contribution >= 0.6 is 27.5 Å². The predicted octanol–water partition coefficient (Wildman–Crippen LogP) is 4.86. The number of anilines is 1. The summed E-state index contributed by atoms with van der Waals surface area (Å²) < 4.78 is 6.30. The first-order chi connectivity index (χ1) is 8.20. The molecule has 0 aromatic heterocycles. The number of ether oxygens (including phenoxy) is 1. The van der Waals surface area contributed by atoms with Gasteiger partial charge in [0.2, 0.25) is 0 Å². The van der Waals surface area contributed by atoms with Crippen LogP contribution in [0.25, 0.3) is 0 Å². The lowest BCUT2D eigenvalue weighted by Crippen LogP contribution is -2.22. The van der Waals surface area contributed by atoms with Crippen molar-refractivity contribution in [1.29, 1.82) is 0 Å². The molecule has 0 bridgehead atoms. The Kier molecular flexibility index (Phi) is 4.57. The fourth-order valence-corrected chi connectivity index (χ4v) is 3.31. The van der Waals surface area contributed by atoms with Gasteiger partial charge in [-0.2, -0.15) is 0 Å². The van der Waals surface area contributed by atoms with Crippen LogP contribution in [0.3, 0.4) is 0 Å². The highest BCUT2D eigenvalue weighted by molar-refractivity contribution is 9.10. The molecule has 2 rings (SSSR count). The van der Waals surface area contributed by atoms with Crippen molar-refractivity contribution >= 4 is 33.2 Å². The first kappa shape index (κ1) is 13.0. The van der Waals surface area contributed by atoms with Gasteiger partial charge in [-0.15, -0.1) is 0 Å². The Morgan fingerprint density at radius 1 is 1.29 bits per heavy atom. The Balaban J connectivity index is 2.18. The summed E-state index contributed by atoms with van der Waals surface area (Å²) in [7, 11) is 1.68. The van der Waals surface area contributed by atoms with Crippen LogP contribution in [0.2, 0.25) is 5.02 Å². The zero-order valence-corrected chi connectivity index (χ0v) is 12.3. The zero-order chi connectivity index (χ0) is 12.3. The van der Waals surface area contributed by atoms with Gasteiger partial charge in [0.15, 0.2) is 5.75 Å². The molecule has 0 atom stereocenters. The van der Waals surface area contributed by atoms with Crippen LogP contribution in [0.15, 0.2) is 16.6 Å². The summed E-state index contributed by atoms with van der Waals surface area (Å²) in [5, 5.41) is 4.26. The van der Waals surface area contributed by atoms with Gasteiger partial charge in [0.1, 0.15) is 0 Å². The first-order valence-corrected chi connectivity index (χ1v) is 7.17. The van der Waals surface area contributed by atoms with Crippen molar-refractivity contribution in [2.75, 3.05) is 12.4 Å². The van der Waals surface area contributed by atoms with Gasteiger partial charge in [0.05, 0.1) is 17.3 Å². The Morgan fingerprint density at radius 3 is 2.65 bits per heavy atom. The molecular formula is C13H17BrClNO. The highest BCUT2D eigenvalue weighted by atomic mass is 79.9. The van der Waals surface area contributed by atoms with Crippen molar-refractivity contribution in [2.45, 2.75) is 38.1 Å². The Hall–Kier alpha value is -0.410. The highest BCUT2D eigenvalue weighted by Crippen LogP contribution is 2.37. The first-order valence-electron chi connectivity index (χ1n) is 6.00. The monoisotopic (exact) mass is 317 g/mol. The van der Waals surface area contributed by atoms with Crippen LogP contribution < -0.4 is 10.1 Å². The molecular weight excluding hydrogens is 302 g/mol. The third-order valence-corrected chi connectivity index (χ3v) is 3.98. The lowest BCUT2D eigenvalue weighted by atomic mass is 9.95. The van der Waals surface area contributed by atoms with Crippen molar-refractivity contribution in [1.82, 2.24) is 0 Å². The second-order valence-corrected chi connectivity index (χ2v) is 5.74. The van der Waals surface area contributed by atoms with Gasteiger partial charge in [-0.3, -0.25) is 0 Å².